The Kier molecular flexibility index (Phi) is 4.96. The average Bonchev–Trinajstić information content (AvgIpc) is 2.80. The second kappa shape index (κ2) is 6.72. The number of hydrogen-bond donors (Lipinski definition) is 1. The summed E-state index contributed by atoms with van der Waals surface area (Å²) < 4.78 is 9.37. The number of nitrogens with one attached hydrogen (secondary N) is 1. The number of ether oxygens (including phenoxy) is 1. The first-order valence-electron chi connectivity index (χ1n) is 7.00. The highest BCUT2D eigenvalue weighted by Gasteiger charge is 2.21. The van der Waals surface area contributed by atoms with Crippen molar-refractivity contribution >= 4 is 22.5 Å². The van der Waals surface area contributed by atoms with Crippen LogP contribution in [0.25, 0.3) is 0 Å². The monoisotopic (exact) mass is 304 g/mol. The molecule has 0 saturated carbocycles. The Morgan fingerprint density at radius 2 is 2.10 bits per heavy atom. The largest absolute Gasteiger partial charge is 0.462 e. The summed E-state index contributed by atoms with van der Waals surface area (Å²) in [5.74, 6) is -0.316. The number of aryl methyl sites for hydroxylation is 2. The highest BCUT2D eigenvalue weighted by Crippen LogP contribution is 2.30. The molecule has 0 spiro atoms. The average molecular weight is 304 g/mol. The van der Waals surface area contributed by atoms with Gasteiger partial charge in [0.15, 0.2) is 0 Å². The summed E-state index contributed by atoms with van der Waals surface area (Å²) in [7, 11) is 0. The fraction of sp³-hybridized carbons (Fsp3) is 0.375. The van der Waals surface area contributed by atoms with Gasteiger partial charge in [-0.05, 0) is 50.4 Å². The Morgan fingerprint density at radius 3 is 2.76 bits per heavy atom. The van der Waals surface area contributed by atoms with Gasteiger partial charge in [-0.1, -0.05) is 24.3 Å². The van der Waals surface area contributed by atoms with E-state index in [2.05, 4.69) is 35.7 Å². The van der Waals surface area contributed by atoms with Crippen LogP contribution >= 0.6 is 11.5 Å². The number of hydrogen-bond acceptors (Lipinski definition) is 5. The third kappa shape index (κ3) is 3.42. The summed E-state index contributed by atoms with van der Waals surface area (Å²) in [6.07, 6.45) is 0. The SMILES string of the molecule is CCOC(=O)c1c(C)nsc1NC(C)c1ccccc1C. The molecule has 2 aromatic rings. The lowest BCUT2D eigenvalue weighted by molar-refractivity contribution is 0.0527. The van der Waals surface area contributed by atoms with Crippen LogP contribution in [0.15, 0.2) is 24.3 Å². The van der Waals surface area contributed by atoms with Crippen LogP contribution < -0.4 is 5.32 Å². The second-order valence-corrected chi connectivity index (χ2v) is 5.69. The van der Waals surface area contributed by atoms with Gasteiger partial charge in [0.1, 0.15) is 10.6 Å². The van der Waals surface area contributed by atoms with Gasteiger partial charge >= 0.3 is 5.97 Å². The summed E-state index contributed by atoms with van der Waals surface area (Å²) in [6.45, 7) is 8.15. The molecule has 112 valence electrons. The minimum Gasteiger partial charge on any atom is -0.462 e. The van der Waals surface area contributed by atoms with Crippen molar-refractivity contribution in [3.05, 3.63) is 46.6 Å². The molecule has 4 nitrogen and oxygen atoms in total. The molecule has 0 bridgehead atoms. The van der Waals surface area contributed by atoms with E-state index in [1.165, 1.54) is 22.7 Å². The van der Waals surface area contributed by atoms with Crippen LogP contribution in [0.3, 0.4) is 0 Å². The molecule has 0 aliphatic rings. The lowest BCUT2D eigenvalue weighted by Crippen LogP contribution is -2.12. The molecular weight excluding hydrogens is 284 g/mol. The minimum absolute atomic E-state index is 0.0965. The molecule has 0 amide bonds. The van der Waals surface area contributed by atoms with Gasteiger partial charge in [-0.2, -0.15) is 4.37 Å². The van der Waals surface area contributed by atoms with Gasteiger partial charge in [0.25, 0.3) is 0 Å². The first kappa shape index (κ1) is 15.5. The van der Waals surface area contributed by atoms with Gasteiger partial charge in [0.05, 0.1) is 12.3 Å². The zero-order valence-corrected chi connectivity index (χ0v) is 13.6. The molecule has 1 aromatic heterocycles. The summed E-state index contributed by atoms with van der Waals surface area (Å²) in [6, 6.07) is 8.30. The Labute approximate surface area is 129 Å². The normalized spacial score (nSPS) is 12.0. The smallest absolute Gasteiger partial charge is 0.343 e. The minimum atomic E-state index is -0.316. The van der Waals surface area contributed by atoms with Crippen molar-refractivity contribution in [2.45, 2.75) is 33.7 Å². The van der Waals surface area contributed by atoms with E-state index in [9.17, 15) is 4.79 Å². The molecule has 0 fully saturated rings. The highest BCUT2D eigenvalue weighted by atomic mass is 32.1. The molecule has 0 aliphatic heterocycles. The predicted molar refractivity (Wildman–Crippen MR) is 86.0 cm³/mol. The van der Waals surface area contributed by atoms with E-state index in [-0.39, 0.29) is 12.0 Å². The van der Waals surface area contributed by atoms with E-state index >= 15 is 0 Å². The first-order valence-corrected chi connectivity index (χ1v) is 7.77. The number of carbonyl (C=O) groups excluding carboxylic acids is 1. The lowest BCUT2D eigenvalue weighted by atomic mass is 10.0. The maximum absolute atomic E-state index is 12.0. The molecule has 1 aromatic carbocycles. The van der Waals surface area contributed by atoms with Gasteiger partial charge in [-0.25, -0.2) is 4.79 Å². The van der Waals surface area contributed by atoms with E-state index < -0.39 is 0 Å². The summed E-state index contributed by atoms with van der Waals surface area (Å²) in [5.41, 5.74) is 3.68. The predicted octanol–water partition coefficient (Wildman–Crippen LogP) is 4.11. The van der Waals surface area contributed by atoms with Crippen LogP contribution in [0, 0.1) is 13.8 Å². The Bertz CT molecular complexity index is 637. The third-order valence-corrected chi connectivity index (χ3v) is 4.21. The van der Waals surface area contributed by atoms with Crippen molar-refractivity contribution in [1.82, 2.24) is 4.37 Å². The van der Waals surface area contributed by atoms with Gasteiger partial charge < -0.3 is 10.1 Å². The van der Waals surface area contributed by atoms with Crippen molar-refractivity contribution in [3.63, 3.8) is 0 Å². The zero-order valence-electron chi connectivity index (χ0n) is 12.8. The second-order valence-electron chi connectivity index (χ2n) is 4.92. The molecule has 0 aliphatic carbocycles. The first-order chi connectivity index (χ1) is 10.0. The summed E-state index contributed by atoms with van der Waals surface area (Å²) in [5, 5.41) is 4.15. The van der Waals surface area contributed by atoms with E-state index in [0.717, 1.165) is 5.00 Å². The van der Waals surface area contributed by atoms with Crippen LogP contribution in [-0.2, 0) is 4.74 Å². The maximum Gasteiger partial charge on any atom is 0.343 e. The Hall–Kier alpha value is -1.88. The van der Waals surface area contributed by atoms with Gasteiger partial charge in [-0.15, -0.1) is 0 Å². The van der Waals surface area contributed by atoms with E-state index in [1.54, 1.807) is 6.92 Å². The maximum atomic E-state index is 12.0. The molecule has 0 saturated heterocycles. The van der Waals surface area contributed by atoms with Gasteiger partial charge in [-0.3, -0.25) is 0 Å². The van der Waals surface area contributed by atoms with Crippen LogP contribution in [-0.4, -0.2) is 16.9 Å². The standard InChI is InChI=1S/C16H20N2O2S/c1-5-20-16(19)14-12(4)18-21-15(14)17-11(3)13-9-7-6-8-10(13)2/h6-9,11,17H,5H2,1-4H3. The van der Waals surface area contributed by atoms with Crippen molar-refractivity contribution in [1.29, 1.82) is 0 Å². The molecule has 0 radical (unpaired) electrons. The van der Waals surface area contributed by atoms with Crippen molar-refractivity contribution in [3.8, 4) is 0 Å². The van der Waals surface area contributed by atoms with E-state index in [1.807, 2.05) is 19.1 Å². The number of anilines is 1. The molecule has 1 heterocycles. The fourth-order valence-electron chi connectivity index (χ4n) is 2.26. The van der Waals surface area contributed by atoms with Crippen molar-refractivity contribution < 1.29 is 9.53 Å². The van der Waals surface area contributed by atoms with Crippen molar-refractivity contribution in [2.75, 3.05) is 11.9 Å². The molecule has 1 atom stereocenters. The number of benzene rings is 1. The highest BCUT2D eigenvalue weighted by molar-refractivity contribution is 7.10. The zero-order chi connectivity index (χ0) is 15.4. The molecule has 21 heavy (non-hydrogen) atoms. The van der Waals surface area contributed by atoms with Gasteiger partial charge in [0.2, 0.25) is 0 Å². The molecule has 1 N–H and O–H groups in total. The number of esters is 1. The quantitative estimate of drug-likeness (QED) is 0.845. The van der Waals surface area contributed by atoms with Crippen LogP contribution in [0.1, 0.15) is 47.1 Å². The Balaban J connectivity index is 2.24. The van der Waals surface area contributed by atoms with Crippen LogP contribution in [0.4, 0.5) is 5.00 Å². The Morgan fingerprint density at radius 1 is 1.38 bits per heavy atom. The van der Waals surface area contributed by atoms with Gasteiger partial charge in [0, 0.05) is 6.04 Å². The van der Waals surface area contributed by atoms with Crippen molar-refractivity contribution in [2.24, 2.45) is 0 Å². The number of nitrogens with zero attached hydrogens (tertiary/aromatic N) is 1. The van der Waals surface area contributed by atoms with E-state index in [4.69, 9.17) is 4.74 Å². The van der Waals surface area contributed by atoms with Crippen LogP contribution in [0.2, 0.25) is 0 Å². The molecule has 5 heteroatoms. The number of rotatable bonds is 5. The lowest BCUT2D eigenvalue weighted by Gasteiger charge is -2.17. The third-order valence-electron chi connectivity index (χ3n) is 3.34. The number of carbonyl (C=O) groups is 1. The number of aromatic nitrogens is 1. The van der Waals surface area contributed by atoms with Crippen LogP contribution in [0.5, 0.6) is 0 Å². The summed E-state index contributed by atoms with van der Waals surface area (Å²) in [4.78, 5) is 12.0. The molecule has 1 unspecified atom stereocenters. The fourth-order valence-corrected chi connectivity index (χ4v) is 3.13. The summed E-state index contributed by atoms with van der Waals surface area (Å²) >= 11 is 1.30. The topological polar surface area (TPSA) is 51.2 Å². The molecular formula is C16H20N2O2S. The molecule has 2 rings (SSSR count). The van der Waals surface area contributed by atoms with E-state index in [0.29, 0.717) is 17.9 Å².